The van der Waals surface area contributed by atoms with Crippen molar-refractivity contribution in [3.63, 3.8) is 0 Å². The molecule has 1 amide bonds. The Hall–Kier alpha value is -4.68. The van der Waals surface area contributed by atoms with Crippen LogP contribution in [-0.4, -0.2) is 67.1 Å². The van der Waals surface area contributed by atoms with Gasteiger partial charge >= 0.3 is 0 Å². The summed E-state index contributed by atoms with van der Waals surface area (Å²) in [4.78, 5) is 48.3. The molecule has 0 bridgehead atoms. The number of para-hydroxylation sites is 1. The molecule has 0 saturated carbocycles. The van der Waals surface area contributed by atoms with Crippen LogP contribution in [0.4, 0.5) is 17.3 Å². The van der Waals surface area contributed by atoms with Crippen LogP contribution in [0.1, 0.15) is 5.56 Å². The highest BCUT2D eigenvalue weighted by Crippen LogP contribution is 2.32. The quantitative estimate of drug-likeness (QED) is 0.345. The summed E-state index contributed by atoms with van der Waals surface area (Å²) in [7, 11) is 3.98. The van der Waals surface area contributed by atoms with Gasteiger partial charge in [0, 0.05) is 47.6 Å². The highest BCUT2D eigenvalue weighted by molar-refractivity contribution is 7.12. The fourth-order valence-corrected chi connectivity index (χ4v) is 5.63. The number of aromatic nitrogens is 6. The van der Waals surface area contributed by atoms with E-state index in [1.54, 1.807) is 10.9 Å². The van der Waals surface area contributed by atoms with Gasteiger partial charge in [-0.3, -0.25) is 9.59 Å². The van der Waals surface area contributed by atoms with Crippen LogP contribution in [0.5, 0.6) is 0 Å². The number of amides is 1. The van der Waals surface area contributed by atoms with Crippen LogP contribution in [0.15, 0.2) is 65.0 Å². The van der Waals surface area contributed by atoms with Crippen LogP contribution in [0, 0.1) is 0 Å². The summed E-state index contributed by atoms with van der Waals surface area (Å²) in [5.74, 6) is 0.410. The van der Waals surface area contributed by atoms with E-state index in [1.807, 2.05) is 66.8 Å². The number of nitrogens with zero attached hydrogens (tertiary/aromatic N) is 8. The van der Waals surface area contributed by atoms with E-state index >= 15 is 0 Å². The Morgan fingerprint density at radius 1 is 1.05 bits per heavy atom. The van der Waals surface area contributed by atoms with E-state index in [9.17, 15) is 9.59 Å². The Morgan fingerprint density at radius 3 is 2.74 bits per heavy atom. The van der Waals surface area contributed by atoms with Gasteiger partial charge in [-0.2, -0.15) is 9.50 Å². The minimum Gasteiger partial charge on any atom is -0.324 e. The normalized spacial score (nSPS) is 13.3. The van der Waals surface area contributed by atoms with Crippen LogP contribution in [-0.2, 0) is 11.2 Å². The van der Waals surface area contributed by atoms with Gasteiger partial charge in [0.1, 0.15) is 5.39 Å². The molecule has 0 fully saturated rings. The molecule has 4 aromatic heterocycles. The average molecular weight is 538 g/mol. The fourth-order valence-electron chi connectivity index (χ4n) is 4.99. The van der Waals surface area contributed by atoms with Crippen molar-refractivity contribution in [1.82, 2.24) is 34.0 Å². The monoisotopic (exact) mass is 537 g/mol. The lowest BCUT2D eigenvalue weighted by molar-refractivity contribution is -0.117. The van der Waals surface area contributed by atoms with Gasteiger partial charge in [0.05, 0.1) is 11.9 Å². The Balaban J connectivity index is 1.28. The third kappa shape index (κ3) is 3.83. The first-order chi connectivity index (χ1) is 19.0. The summed E-state index contributed by atoms with van der Waals surface area (Å²) >= 11 is 1.44. The molecule has 5 heterocycles. The number of fused-ring (bicyclic) bond motifs is 5. The number of carbonyl (C=O) groups excluding carboxylic acids is 1. The van der Waals surface area contributed by atoms with Gasteiger partial charge in [0.15, 0.2) is 11.3 Å². The Bertz CT molecular complexity index is 1960. The van der Waals surface area contributed by atoms with Crippen LogP contribution in [0.25, 0.3) is 32.7 Å². The van der Waals surface area contributed by atoms with Crippen molar-refractivity contribution in [2.24, 2.45) is 0 Å². The zero-order valence-corrected chi connectivity index (χ0v) is 22.0. The van der Waals surface area contributed by atoms with Crippen molar-refractivity contribution in [2.45, 2.75) is 6.42 Å². The highest BCUT2D eigenvalue weighted by Gasteiger charge is 2.27. The molecule has 1 aliphatic heterocycles. The molecule has 6 aromatic rings. The second-order valence-electron chi connectivity index (χ2n) is 9.62. The minimum atomic E-state index is -0.276. The van der Waals surface area contributed by atoms with Gasteiger partial charge in [0.25, 0.3) is 5.56 Å². The fraction of sp³-hybridized carbons (Fsp3) is 0.185. The number of carbonyl (C=O) groups is 1. The molecule has 7 rings (SSSR count). The maximum absolute atomic E-state index is 13.7. The Kier molecular flexibility index (Phi) is 5.39. The van der Waals surface area contributed by atoms with Crippen LogP contribution < -0.4 is 15.8 Å². The third-order valence-electron chi connectivity index (χ3n) is 6.82. The lowest BCUT2D eigenvalue weighted by Crippen LogP contribution is -2.33. The van der Waals surface area contributed by atoms with Gasteiger partial charge in [-0.15, -0.1) is 11.3 Å². The summed E-state index contributed by atoms with van der Waals surface area (Å²) < 4.78 is 3.31. The second kappa shape index (κ2) is 8.96. The van der Waals surface area contributed by atoms with E-state index in [1.165, 1.54) is 22.0 Å². The summed E-state index contributed by atoms with van der Waals surface area (Å²) in [6.45, 7) is 1.44. The number of anilines is 3. The topological polar surface area (TPSA) is 114 Å². The molecule has 11 nitrogen and oxygen atoms in total. The predicted octanol–water partition coefficient (Wildman–Crippen LogP) is 3.23. The summed E-state index contributed by atoms with van der Waals surface area (Å²) in [5, 5.41) is 6.87. The van der Waals surface area contributed by atoms with Crippen molar-refractivity contribution in [3.05, 3.63) is 76.2 Å². The molecule has 0 spiro atoms. The molecule has 0 saturated heterocycles. The molecule has 12 heteroatoms. The summed E-state index contributed by atoms with van der Waals surface area (Å²) in [6, 6.07) is 13.5. The van der Waals surface area contributed by atoms with Crippen LogP contribution >= 0.6 is 11.3 Å². The van der Waals surface area contributed by atoms with Gasteiger partial charge in [-0.05, 0) is 50.0 Å². The highest BCUT2D eigenvalue weighted by atomic mass is 32.1. The zero-order chi connectivity index (χ0) is 26.7. The van der Waals surface area contributed by atoms with E-state index in [0.29, 0.717) is 40.7 Å². The van der Waals surface area contributed by atoms with Crippen molar-refractivity contribution in [1.29, 1.82) is 0 Å². The summed E-state index contributed by atoms with van der Waals surface area (Å²) in [5.41, 5.74) is 3.99. The van der Waals surface area contributed by atoms with E-state index < -0.39 is 0 Å². The maximum Gasteiger partial charge on any atom is 0.284 e. The van der Waals surface area contributed by atoms with Crippen LogP contribution in [0.2, 0.25) is 0 Å². The smallest absolute Gasteiger partial charge is 0.284 e. The lowest BCUT2D eigenvalue weighted by atomic mass is 10.1. The van der Waals surface area contributed by atoms with E-state index in [4.69, 9.17) is 4.98 Å². The first kappa shape index (κ1) is 23.4. The molecule has 2 aromatic carbocycles. The number of hydrogen-bond acceptors (Lipinski definition) is 9. The predicted molar refractivity (Wildman–Crippen MR) is 151 cm³/mol. The minimum absolute atomic E-state index is 0.0940. The van der Waals surface area contributed by atoms with Crippen LogP contribution in [0.3, 0.4) is 0 Å². The SMILES string of the molecule is CN(C)CCN1C(=O)Cc2cc(Nc3ncc4c(=O)n5c(nc4n3)c3ccccc3n5-c3nccs3)ccc21. The van der Waals surface area contributed by atoms with Crippen molar-refractivity contribution in [2.75, 3.05) is 37.4 Å². The van der Waals surface area contributed by atoms with Gasteiger partial charge in [0.2, 0.25) is 17.0 Å². The number of thiazole rings is 1. The lowest BCUT2D eigenvalue weighted by Gasteiger charge is -2.20. The van der Waals surface area contributed by atoms with Crippen molar-refractivity contribution >= 4 is 62.2 Å². The number of likely N-dealkylation sites (N-methyl/N-ethyl adjacent to an activating group) is 1. The first-order valence-corrected chi connectivity index (χ1v) is 13.3. The zero-order valence-electron chi connectivity index (χ0n) is 21.2. The van der Waals surface area contributed by atoms with Crippen molar-refractivity contribution in [3.8, 4) is 5.13 Å². The van der Waals surface area contributed by atoms with Gasteiger partial charge < -0.3 is 15.1 Å². The van der Waals surface area contributed by atoms with Gasteiger partial charge in [-0.1, -0.05) is 12.1 Å². The standard InChI is InChI=1S/C27H23N9O2S/c1-33(2)10-11-34-20-8-7-17(13-16(20)14-22(34)37)30-26-29-15-19-23(32-26)31-24-18-5-3-4-6-21(18)35(36(24)25(19)38)27-28-9-12-39-27/h3-9,12-13,15H,10-11,14H2,1-2H3,(H,29,30,32). The van der Waals surface area contributed by atoms with Crippen molar-refractivity contribution < 1.29 is 4.79 Å². The number of rotatable bonds is 6. The first-order valence-electron chi connectivity index (χ1n) is 12.4. The molecule has 0 aliphatic carbocycles. The third-order valence-corrected chi connectivity index (χ3v) is 7.56. The Labute approximate surface area is 226 Å². The summed E-state index contributed by atoms with van der Waals surface area (Å²) in [6.07, 6.45) is 3.56. The number of hydrogen-bond donors (Lipinski definition) is 1. The maximum atomic E-state index is 13.7. The number of benzene rings is 2. The molecule has 1 N–H and O–H groups in total. The van der Waals surface area contributed by atoms with E-state index in [2.05, 4.69) is 25.2 Å². The molecule has 1 aliphatic rings. The average Bonchev–Trinajstić information content (AvgIpc) is 3.63. The molecule has 0 radical (unpaired) electrons. The number of nitrogens with one attached hydrogen (secondary N) is 1. The molecule has 39 heavy (non-hydrogen) atoms. The molecular formula is C27H23N9O2S. The Morgan fingerprint density at radius 2 is 1.92 bits per heavy atom. The van der Waals surface area contributed by atoms with Gasteiger partial charge in [-0.25, -0.2) is 19.6 Å². The molecule has 0 atom stereocenters. The van der Waals surface area contributed by atoms with E-state index in [0.717, 1.165) is 34.4 Å². The molecule has 194 valence electrons. The van der Waals surface area contributed by atoms with E-state index in [-0.39, 0.29) is 11.5 Å². The molecular weight excluding hydrogens is 514 g/mol. The largest absolute Gasteiger partial charge is 0.324 e. The second-order valence-corrected chi connectivity index (χ2v) is 10.5. The molecule has 0 unspecified atom stereocenters.